The van der Waals surface area contributed by atoms with E-state index in [0.717, 1.165) is 5.69 Å². The summed E-state index contributed by atoms with van der Waals surface area (Å²) in [5.74, 6) is 0. The highest BCUT2D eigenvalue weighted by atomic mass is 16.1. The molecule has 1 aromatic carbocycles. The van der Waals surface area contributed by atoms with E-state index in [1.807, 2.05) is 20.8 Å². The van der Waals surface area contributed by atoms with Gasteiger partial charge in [0.1, 0.15) is 0 Å². The Balaban J connectivity index is 2.21. The molecule has 0 spiro atoms. The maximum absolute atomic E-state index is 12.2. The molecule has 0 saturated carbocycles. The summed E-state index contributed by atoms with van der Waals surface area (Å²) in [5, 5.41) is 7.55. The third-order valence-electron chi connectivity index (χ3n) is 3.70. The second kappa shape index (κ2) is 6.12. The molecule has 1 N–H and O–H groups in total. The lowest BCUT2D eigenvalue weighted by molar-refractivity contribution is 0.500. The molecule has 0 bridgehead atoms. The van der Waals surface area contributed by atoms with Crippen LogP contribution in [0.4, 0.5) is 5.69 Å². The van der Waals surface area contributed by atoms with Crippen LogP contribution in [0.3, 0.4) is 0 Å². The minimum absolute atomic E-state index is 0.0318. The fraction of sp³-hybridized carbons (Fsp3) is 0.412. The Morgan fingerprint density at radius 2 is 1.95 bits per heavy atom. The van der Waals surface area contributed by atoms with Gasteiger partial charge in [0.15, 0.2) is 0 Å². The van der Waals surface area contributed by atoms with Gasteiger partial charge in [0.05, 0.1) is 17.9 Å². The molecule has 0 aliphatic rings. The summed E-state index contributed by atoms with van der Waals surface area (Å²) in [6.07, 6.45) is 1.74. The largest absolute Gasteiger partial charge is 0.379 e. The molecule has 4 heteroatoms. The number of hydrogen-bond acceptors (Lipinski definition) is 3. The molecule has 0 amide bonds. The van der Waals surface area contributed by atoms with E-state index in [4.69, 9.17) is 0 Å². The molecule has 0 unspecified atom stereocenters. The third-order valence-corrected chi connectivity index (χ3v) is 3.70. The molecule has 0 saturated heterocycles. The molecular formula is C17H23N3O. The van der Waals surface area contributed by atoms with Crippen LogP contribution in [0.1, 0.15) is 42.1 Å². The lowest BCUT2D eigenvalue weighted by atomic mass is 10.1. The van der Waals surface area contributed by atoms with Gasteiger partial charge in [-0.05, 0) is 45.7 Å². The molecule has 21 heavy (non-hydrogen) atoms. The Labute approximate surface area is 125 Å². The van der Waals surface area contributed by atoms with Gasteiger partial charge in [-0.3, -0.25) is 4.79 Å². The van der Waals surface area contributed by atoms with Crippen molar-refractivity contribution in [3.63, 3.8) is 0 Å². The number of rotatable bonds is 4. The number of anilines is 1. The summed E-state index contributed by atoms with van der Waals surface area (Å²) >= 11 is 0. The molecule has 4 nitrogen and oxygen atoms in total. The fourth-order valence-electron chi connectivity index (χ4n) is 2.34. The van der Waals surface area contributed by atoms with E-state index < -0.39 is 0 Å². The van der Waals surface area contributed by atoms with E-state index in [-0.39, 0.29) is 11.6 Å². The van der Waals surface area contributed by atoms with Crippen molar-refractivity contribution in [3.8, 4) is 0 Å². The Kier molecular flexibility index (Phi) is 4.46. The molecule has 112 valence electrons. The lowest BCUT2D eigenvalue weighted by Crippen LogP contribution is -2.27. The smallest absolute Gasteiger partial charge is 0.271 e. The van der Waals surface area contributed by atoms with E-state index in [0.29, 0.717) is 12.1 Å². The van der Waals surface area contributed by atoms with Gasteiger partial charge in [0, 0.05) is 12.1 Å². The van der Waals surface area contributed by atoms with Crippen molar-refractivity contribution in [2.24, 2.45) is 0 Å². The van der Waals surface area contributed by atoms with Crippen LogP contribution in [-0.2, 0) is 6.54 Å². The van der Waals surface area contributed by atoms with Crippen molar-refractivity contribution in [3.05, 3.63) is 57.0 Å². The minimum atomic E-state index is -0.0318. The average molecular weight is 285 g/mol. The highest BCUT2D eigenvalue weighted by molar-refractivity contribution is 5.48. The highest BCUT2D eigenvalue weighted by Crippen LogP contribution is 2.15. The lowest BCUT2D eigenvalue weighted by Gasteiger charge is -2.14. The summed E-state index contributed by atoms with van der Waals surface area (Å²) in [6.45, 7) is 10.6. The number of aryl methyl sites for hydroxylation is 2. The second-order valence-corrected chi connectivity index (χ2v) is 5.81. The van der Waals surface area contributed by atoms with Crippen molar-refractivity contribution >= 4 is 5.69 Å². The maximum atomic E-state index is 12.2. The van der Waals surface area contributed by atoms with E-state index in [1.165, 1.54) is 21.4 Å². The van der Waals surface area contributed by atoms with E-state index in [9.17, 15) is 4.79 Å². The predicted octanol–water partition coefficient (Wildman–Crippen LogP) is 3.36. The van der Waals surface area contributed by atoms with Crippen LogP contribution in [0.25, 0.3) is 0 Å². The first-order chi connectivity index (χ1) is 9.90. The van der Waals surface area contributed by atoms with Gasteiger partial charge in [-0.15, -0.1) is 0 Å². The zero-order valence-corrected chi connectivity index (χ0v) is 13.4. The number of nitrogens with zero attached hydrogens (tertiary/aromatic N) is 2. The van der Waals surface area contributed by atoms with Gasteiger partial charge < -0.3 is 5.32 Å². The van der Waals surface area contributed by atoms with Crippen molar-refractivity contribution in [1.29, 1.82) is 0 Å². The van der Waals surface area contributed by atoms with E-state index in [2.05, 4.69) is 42.5 Å². The van der Waals surface area contributed by atoms with E-state index in [1.54, 1.807) is 6.20 Å². The number of hydrogen-bond donors (Lipinski definition) is 1. The van der Waals surface area contributed by atoms with Crippen LogP contribution < -0.4 is 10.9 Å². The standard InChI is InChI=1S/C17H23N3O/c1-11(2)20-17(21)14(5)16(10-19-20)18-9-15-7-6-12(3)8-13(15)4/h6-8,10-11,18H,9H2,1-5H3. The summed E-state index contributed by atoms with van der Waals surface area (Å²) < 4.78 is 1.51. The molecule has 0 atom stereocenters. The number of aromatic nitrogens is 2. The van der Waals surface area contributed by atoms with Crippen molar-refractivity contribution in [1.82, 2.24) is 9.78 Å². The number of nitrogens with one attached hydrogen (secondary N) is 1. The Morgan fingerprint density at radius 3 is 2.57 bits per heavy atom. The first-order valence-electron chi connectivity index (χ1n) is 7.28. The minimum Gasteiger partial charge on any atom is -0.379 e. The summed E-state index contributed by atoms with van der Waals surface area (Å²) in [7, 11) is 0. The molecule has 1 heterocycles. The zero-order valence-electron chi connectivity index (χ0n) is 13.4. The molecule has 0 fully saturated rings. The monoisotopic (exact) mass is 285 g/mol. The molecule has 0 aliphatic heterocycles. The molecule has 2 aromatic rings. The summed E-state index contributed by atoms with van der Waals surface area (Å²) in [5.41, 5.74) is 5.22. The van der Waals surface area contributed by atoms with Crippen molar-refractivity contribution < 1.29 is 0 Å². The first kappa shape index (κ1) is 15.3. The molecule has 1 aromatic heterocycles. The fourth-order valence-corrected chi connectivity index (χ4v) is 2.34. The Bertz CT molecular complexity index is 702. The molecule has 0 radical (unpaired) electrons. The Morgan fingerprint density at radius 1 is 1.24 bits per heavy atom. The average Bonchev–Trinajstić information content (AvgIpc) is 2.41. The van der Waals surface area contributed by atoms with Crippen LogP contribution >= 0.6 is 0 Å². The summed E-state index contributed by atoms with van der Waals surface area (Å²) in [6, 6.07) is 6.46. The van der Waals surface area contributed by atoms with Gasteiger partial charge in [0.25, 0.3) is 5.56 Å². The van der Waals surface area contributed by atoms with Crippen molar-refractivity contribution in [2.45, 2.75) is 47.2 Å². The normalized spacial score (nSPS) is 11.0. The van der Waals surface area contributed by atoms with Gasteiger partial charge in [0.2, 0.25) is 0 Å². The van der Waals surface area contributed by atoms with Gasteiger partial charge >= 0.3 is 0 Å². The SMILES string of the molecule is Cc1ccc(CNc2cnn(C(C)C)c(=O)c2C)c(C)c1. The van der Waals surface area contributed by atoms with Crippen LogP contribution in [0.15, 0.2) is 29.2 Å². The zero-order chi connectivity index (χ0) is 15.6. The summed E-state index contributed by atoms with van der Waals surface area (Å²) in [4.78, 5) is 12.2. The van der Waals surface area contributed by atoms with Crippen LogP contribution in [0.2, 0.25) is 0 Å². The second-order valence-electron chi connectivity index (χ2n) is 5.81. The third kappa shape index (κ3) is 3.32. The predicted molar refractivity (Wildman–Crippen MR) is 86.9 cm³/mol. The highest BCUT2D eigenvalue weighted by Gasteiger charge is 2.09. The quantitative estimate of drug-likeness (QED) is 0.937. The van der Waals surface area contributed by atoms with Crippen molar-refractivity contribution in [2.75, 3.05) is 5.32 Å². The molecule has 2 rings (SSSR count). The van der Waals surface area contributed by atoms with Gasteiger partial charge in [-0.1, -0.05) is 23.8 Å². The molecule has 0 aliphatic carbocycles. The molecular weight excluding hydrogens is 262 g/mol. The first-order valence-corrected chi connectivity index (χ1v) is 7.28. The van der Waals surface area contributed by atoms with Crippen LogP contribution in [0.5, 0.6) is 0 Å². The number of benzene rings is 1. The topological polar surface area (TPSA) is 46.9 Å². The Hall–Kier alpha value is -2.10. The maximum Gasteiger partial charge on any atom is 0.271 e. The van der Waals surface area contributed by atoms with Crippen LogP contribution in [0, 0.1) is 20.8 Å². The van der Waals surface area contributed by atoms with Crippen LogP contribution in [-0.4, -0.2) is 9.78 Å². The van der Waals surface area contributed by atoms with E-state index >= 15 is 0 Å². The van der Waals surface area contributed by atoms with Gasteiger partial charge in [-0.2, -0.15) is 5.10 Å². The van der Waals surface area contributed by atoms with Gasteiger partial charge in [-0.25, -0.2) is 4.68 Å².